The SMILES string of the molecule is CC(C)c1csc(NS(=O)(=O)c2c[nH]c(CO)c2)n1. The number of sulfonamides is 1. The predicted octanol–water partition coefficient (Wildman–Crippen LogP) is 1.89. The lowest BCUT2D eigenvalue weighted by Crippen LogP contribution is -2.12. The number of aromatic nitrogens is 2. The first-order valence-electron chi connectivity index (χ1n) is 5.69. The van der Waals surface area contributed by atoms with Gasteiger partial charge in [-0.25, -0.2) is 13.4 Å². The molecule has 0 fully saturated rings. The number of hydrogen-bond donors (Lipinski definition) is 3. The summed E-state index contributed by atoms with van der Waals surface area (Å²) in [7, 11) is -3.66. The molecule has 0 radical (unpaired) electrons. The van der Waals surface area contributed by atoms with Gasteiger partial charge in [-0.05, 0) is 12.0 Å². The summed E-state index contributed by atoms with van der Waals surface area (Å²) in [6.45, 7) is 3.75. The normalized spacial score (nSPS) is 12.0. The maximum atomic E-state index is 12.1. The van der Waals surface area contributed by atoms with Crippen LogP contribution in [-0.2, 0) is 16.6 Å². The van der Waals surface area contributed by atoms with Crippen LogP contribution in [-0.4, -0.2) is 23.5 Å². The Kier molecular flexibility index (Phi) is 3.93. The van der Waals surface area contributed by atoms with E-state index >= 15 is 0 Å². The Morgan fingerprint density at radius 1 is 1.53 bits per heavy atom. The summed E-state index contributed by atoms with van der Waals surface area (Å²) in [5.74, 6) is 0.253. The van der Waals surface area contributed by atoms with Gasteiger partial charge in [-0.2, -0.15) is 0 Å². The van der Waals surface area contributed by atoms with Gasteiger partial charge in [0.2, 0.25) is 0 Å². The van der Waals surface area contributed by atoms with Crippen molar-refractivity contribution in [1.82, 2.24) is 9.97 Å². The van der Waals surface area contributed by atoms with Crippen LogP contribution in [0.5, 0.6) is 0 Å². The molecule has 0 aliphatic carbocycles. The van der Waals surface area contributed by atoms with Gasteiger partial charge in [0, 0.05) is 17.3 Å². The largest absolute Gasteiger partial charge is 0.390 e. The van der Waals surface area contributed by atoms with E-state index < -0.39 is 10.0 Å². The molecule has 0 unspecified atom stereocenters. The lowest BCUT2D eigenvalue weighted by atomic mass is 10.2. The molecule has 6 nitrogen and oxygen atoms in total. The van der Waals surface area contributed by atoms with Crippen LogP contribution in [0.4, 0.5) is 5.13 Å². The average molecular weight is 301 g/mol. The summed E-state index contributed by atoms with van der Waals surface area (Å²) in [5.41, 5.74) is 1.30. The van der Waals surface area contributed by atoms with Gasteiger partial charge in [-0.15, -0.1) is 11.3 Å². The fourth-order valence-corrected chi connectivity index (χ4v) is 3.58. The molecule has 0 aliphatic rings. The molecule has 0 atom stereocenters. The second-order valence-corrected chi connectivity index (χ2v) is 6.90. The van der Waals surface area contributed by atoms with Gasteiger partial charge in [0.25, 0.3) is 10.0 Å². The molecular weight excluding hydrogens is 286 g/mol. The first-order chi connectivity index (χ1) is 8.92. The summed E-state index contributed by atoms with van der Waals surface area (Å²) < 4.78 is 26.6. The Bertz CT molecular complexity index is 658. The molecule has 2 rings (SSSR count). The zero-order valence-electron chi connectivity index (χ0n) is 10.5. The second kappa shape index (κ2) is 5.32. The molecule has 2 aromatic rings. The van der Waals surface area contributed by atoms with Crippen molar-refractivity contribution in [2.24, 2.45) is 0 Å². The van der Waals surface area contributed by atoms with Crippen LogP contribution >= 0.6 is 11.3 Å². The Hall–Kier alpha value is -1.38. The molecule has 0 aromatic carbocycles. The smallest absolute Gasteiger partial charge is 0.265 e. The van der Waals surface area contributed by atoms with Gasteiger partial charge >= 0.3 is 0 Å². The van der Waals surface area contributed by atoms with Crippen molar-refractivity contribution >= 4 is 26.5 Å². The molecule has 0 saturated carbocycles. The fourth-order valence-electron chi connectivity index (χ4n) is 1.44. The maximum Gasteiger partial charge on any atom is 0.265 e. The Labute approximate surface area is 115 Å². The molecule has 0 saturated heterocycles. The Morgan fingerprint density at radius 2 is 2.26 bits per heavy atom. The second-order valence-electron chi connectivity index (χ2n) is 4.36. The highest BCUT2D eigenvalue weighted by Gasteiger charge is 2.18. The lowest BCUT2D eigenvalue weighted by molar-refractivity contribution is 0.277. The molecule has 8 heteroatoms. The third-order valence-electron chi connectivity index (χ3n) is 2.53. The van der Waals surface area contributed by atoms with Crippen molar-refractivity contribution in [2.75, 3.05) is 4.72 Å². The first-order valence-corrected chi connectivity index (χ1v) is 8.05. The fraction of sp³-hybridized carbons (Fsp3) is 0.364. The van der Waals surface area contributed by atoms with E-state index in [4.69, 9.17) is 5.11 Å². The third kappa shape index (κ3) is 3.14. The number of nitrogens with zero attached hydrogens (tertiary/aromatic N) is 1. The maximum absolute atomic E-state index is 12.1. The van der Waals surface area contributed by atoms with E-state index in [1.807, 2.05) is 19.2 Å². The minimum atomic E-state index is -3.66. The highest BCUT2D eigenvalue weighted by atomic mass is 32.2. The molecule has 0 spiro atoms. The van der Waals surface area contributed by atoms with Gasteiger partial charge in [-0.3, -0.25) is 4.72 Å². The van der Waals surface area contributed by atoms with E-state index in [0.29, 0.717) is 10.8 Å². The van der Waals surface area contributed by atoms with Gasteiger partial charge in [-0.1, -0.05) is 13.8 Å². The molecule has 0 aliphatic heterocycles. The monoisotopic (exact) mass is 301 g/mol. The van der Waals surface area contributed by atoms with E-state index in [1.165, 1.54) is 23.6 Å². The molecule has 104 valence electrons. The van der Waals surface area contributed by atoms with Gasteiger partial charge < -0.3 is 10.1 Å². The van der Waals surface area contributed by atoms with Crippen LogP contribution in [0.3, 0.4) is 0 Å². The highest BCUT2D eigenvalue weighted by molar-refractivity contribution is 7.93. The zero-order valence-corrected chi connectivity index (χ0v) is 12.2. The number of H-pyrrole nitrogens is 1. The molecule has 3 N–H and O–H groups in total. The van der Waals surface area contributed by atoms with Crippen LogP contribution < -0.4 is 4.72 Å². The molecule has 0 amide bonds. The standard InChI is InChI=1S/C11H15N3O3S2/c1-7(2)10-6-18-11(13-10)14-19(16,17)9-3-8(5-15)12-4-9/h3-4,6-7,12,15H,5H2,1-2H3,(H,13,14). The van der Waals surface area contributed by atoms with Crippen LogP contribution in [0.25, 0.3) is 0 Å². The number of rotatable bonds is 5. The van der Waals surface area contributed by atoms with E-state index in [9.17, 15) is 8.42 Å². The quantitative estimate of drug-likeness (QED) is 0.786. The Morgan fingerprint density at radius 3 is 2.79 bits per heavy atom. The summed E-state index contributed by atoms with van der Waals surface area (Å²) in [4.78, 5) is 6.98. The average Bonchev–Trinajstić information content (AvgIpc) is 2.96. The zero-order chi connectivity index (χ0) is 14.0. The number of aliphatic hydroxyl groups excluding tert-OH is 1. The van der Waals surface area contributed by atoms with Gasteiger partial charge in [0.1, 0.15) is 4.90 Å². The van der Waals surface area contributed by atoms with E-state index in [0.717, 1.165) is 5.69 Å². The van der Waals surface area contributed by atoms with Crippen LogP contribution in [0.15, 0.2) is 22.5 Å². The van der Waals surface area contributed by atoms with Crippen molar-refractivity contribution in [3.05, 3.63) is 29.0 Å². The number of nitrogens with one attached hydrogen (secondary N) is 2. The minimum absolute atomic E-state index is 0.0813. The number of aliphatic hydroxyl groups is 1. The molecule has 2 aromatic heterocycles. The van der Waals surface area contributed by atoms with Crippen molar-refractivity contribution in [3.8, 4) is 0 Å². The van der Waals surface area contributed by atoms with Crippen LogP contribution in [0, 0.1) is 0 Å². The summed E-state index contributed by atoms with van der Waals surface area (Å²) in [5, 5.41) is 11.1. The van der Waals surface area contributed by atoms with Crippen molar-refractivity contribution in [1.29, 1.82) is 0 Å². The molecular formula is C11H15N3O3S2. The minimum Gasteiger partial charge on any atom is -0.390 e. The third-order valence-corrected chi connectivity index (χ3v) is 4.76. The van der Waals surface area contributed by atoms with Crippen molar-refractivity contribution < 1.29 is 13.5 Å². The number of anilines is 1. The van der Waals surface area contributed by atoms with Gasteiger partial charge in [0.05, 0.1) is 12.3 Å². The van der Waals surface area contributed by atoms with E-state index in [-0.39, 0.29) is 17.4 Å². The summed E-state index contributed by atoms with van der Waals surface area (Å²) in [6, 6.07) is 1.39. The number of aromatic amines is 1. The molecule has 0 bridgehead atoms. The predicted molar refractivity (Wildman–Crippen MR) is 73.7 cm³/mol. The first kappa shape index (κ1) is 14.0. The van der Waals surface area contributed by atoms with Crippen molar-refractivity contribution in [2.45, 2.75) is 31.3 Å². The molecule has 19 heavy (non-hydrogen) atoms. The van der Waals surface area contributed by atoms with Crippen molar-refractivity contribution in [3.63, 3.8) is 0 Å². The molecule has 2 heterocycles. The lowest BCUT2D eigenvalue weighted by Gasteiger charge is -2.02. The van der Waals surface area contributed by atoms with Crippen LogP contribution in [0.2, 0.25) is 0 Å². The number of thiazole rings is 1. The number of hydrogen-bond acceptors (Lipinski definition) is 5. The Balaban J connectivity index is 2.20. The van der Waals surface area contributed by atoms with Gasteiger partial charge in [0.15, 0.2) is 5.13 Å². The van der Waals surface area contributed by atoms with E-state index in [2.05, 4.69) is 14.7 Å². The summed E-state index contributed by atoms with van der Waals surface area (Å²) in [6.07, 6.45) is 1.34. The van der Waals surface area contributed by atoms with E-state index in [1.54, 1.807) is 0 Å². The van der Waals surface area contributed by atoms with Crippen LogP contribution in [0.1, 0.15) is 31.2 Å². The topological polar surface area (TPSA) is 95.1 Å². The summed E-state index contributed by atoms with van der Waals surface area (Å²) >= 11 is 1.25. The highest BCUT2D eigenvalue weighted by Crippen LogP contribution is 2.24.